The van der Waals surface area contributed by atoms with E-state index < -0.39 is 17.2 Å². The van der Waals surface area contributed by atoms with Crippen molar-refractivity contribution in [3.05, 3.63) is 35.4 Å². The number of halogens is 2. The number of benzene rings is 1. The van der Waals surface area contributed by atoms with E-state index in [0.717, 1.165) is 0 Å². The number of hydrogen-bond donors (Lipinski definition) is 1. The molecule has 1 rings (SSSR count). The summed E-state index contributed by atoms with van der Waals surface area (Å²) in [6, 6.07) is 3.89. The van der Waals surface area contributed by atoms with E-state index in [4.69, 9.17) is 5.73 Å². The molecule has 78 valence electrons. The zero-order chi connectivity index (χ0) is 10.8. The Morgan fingerprint density at radius 1 is 1.21 bits per heavy atom. The van der Waals surface area contributed by atoms with Gasteiger partial charge in [-0.3, -0.25) is 0 Å². The molecule has 1 aromatic carbocycles. The van der Waals surface area contributed by atoms with Crippen molar-refractivity contribution in [2.24, 2.45) is 5.73 Å². The third kappa shape index (κ3) is 3.07. The minimum atomic E-state index is -0.491. The van der Waals surface area contributed by atoms with Crippen LogP contribution in [0.5, 0.6) is 0 Å². The molecule has 0 amide bonds. The Hall–Kier alpha value is -0.960. The quantitative estimate of drug-likeness (QED) is 0.795. The van der Waals surface area contributed by atoms with Crippen molar-refractivity contribution in [2.75, 3.05) is 0 Å². The summed E-state index contributed by atoms with van der Waals surface area (Å²) >= 11 is 0. The van der Waals surface area contributed by atoms with E-state index in [2.05, 4.69) is 0 Å². The molecule has 0 saturated carbocycles. The Balaban J connectivity index is 2.77. The summed E-state index contributed by atoms with van der Waals surface area (Å²) in [5, 5.41) is 0. The van der Waals surface area contributed by atoms with Gasteiger partial charge in [-0.15, -0.1) is 0 Å². The lowest BCUT2D eigenvalue weighted by atomic mass is 9.96. The maximum atomic E-state index is 13.1. The molecule has 1 nitrogen and oxygen atoms in total. The molecule has 0 bridgehead atoms. The van der Waals surface area contributed by atoms with Crippen molar-refractivity contribution in [1.29, 1.82) is 0 Å². The van der Waals surface area contributed by atoms with Gasteiger partial charge in [0.05, 0.1) is 0 Å². The van der Waals surface area contributed by atoms with Crippen LogP contribution < -0.4 is 5.73 Å². The van der Waals surface area contributed by atoms with Gasteiger partial charge in [-0.2, -0.15) is 0 Å². The van der Waals surface area contributed by atoms with Crippen LogP contribution in [0.15, 0.2) is 18.2 Å². The normalized spacial score (nSPS) is 11.8. The fourth-order valence-corrected chi connectivity index (χ4v) is 1.22. The van der Waals surface area contributed by atoms with Gasteiger partial charge in [-0.1, -0.05) is 6.07 Å². The zero-order valence-electron chi connectivity index (χ0n) is 8.48. The largest absolute Gasteiger partial charge is 0.326 e. The highest BCUT2D eigenvalue weighted by Gasteiger charge is 2.14. The fraction of sp³-hybridized carbons (Fsp3) is 0.455. The Morgan fingerprint density at radius 3 is 2.14 bits per heavy atom. The van der Waals surface area contributed by atoms with E-state index in [1.165, 1.54) is 18.2 Å². The summed E-state index contributed by atoms with van der Waals surface area (Å²) in [5.74, 6) is -0.983. The second kappa shape index (κ2) is 4.05. The zero-order valence-corrected chi connectivity index (χ0v) is 8.48. The Labute approximate surface area is 82.9 Å². The average Bonchev–Trinajstić information content (AvgIpc) is 2.01. The molecule has 3 heteroatoms. The highest BCUT2D eigenvalue weighted by molar-refractivity contribution is 5.20. The first-order chi connectivity index (χ1) is 6.40. The van der Waals surface area contributed by atoms with Crippen molar-refractivity contribution in [3.8, 4) is 0 Å². The standard InChI is InChI=1S/C11H15F2N/c1-11(2,14)7-6-8-9(12)4-3-5-10(8)13/h3-5H,6-7,14H2,1-2H3. The summed E-state index contributed by atoms with van der Waals surface area (Å²) in [6.45, 7) is 3.68. The summed E-state index contributed by atoms with van der Waals surface area (Å²) in [5.41, 5.74) is 5.48. The van der Waals surface area contributed by atoms with E-state index in [9.17, 15) is 8.78 Å². The van der Waals surface area contributed by atoms with Crippen LogP contribution in [0.4, 0.5) is 8.78 Å². The molecule has 0 saturated heterocycles. The topological polar surface area (TPSA) is 26.0 Å². The molecule has 0 aromatic heterocycles. The van der Waals surface area contributed by atoms with Crippen molar-refractivity contribution < 1.29 is 8.78 Å². The Morgan fingerprint density at radius 2 is 1.71 bits per heavy atom. The van der Waals surface area contributed by atoms with E-state index >= 15 is 0 Å². The molecule has 2 N–H and O–H groups in total. The monoisotopic (exact) mass is 199 g/mol. The van der Waals surface area contributed by atoms with Gasteiger partial charge in [-0.05, 0) is 38.8 Å². The minimum Gasteiger partial charge on any atom is -0.326 e. The second-order valence-electron chi connectivity index (χ2n) is 4.19. The minimum absolute atomic E-state index is 0.131. The first-order valence-corrected chi connectivity index (χ1v) is 4.62. The van der Waals surface area contributed by atoms with Gasteiger partial charge in [0.25, 0.3) is 0 Å². The molecular weight excluding hydrogens is 184 g/mol. The molecule has 0 aliphatic heterocycles. The predicted octanol–water partition coefficient (Wildman–Crippen LogP) is 2.63. The molecule has 1 aromatic rings. The van der Waals surface area contributed by atoms with Gasteiger partial charge in [0.15, 0.2) is 0 Å². The highest BCUT2D eigenvalue weighted by Crippen LogP contribution is 2.17. The molecule has 0 aliphatic carbocycles. The van der Waals surface area contributed by atoms with Crippen LogP contribution in [-0.2, 0) is 6.42 Å². The van der Waals surface area contributed by atoms with Crippen LogP contribution in [0.25, 0.3) is 0 Å². The predicted molar refractivity (Wildman–Crippen MR) is 52.9 cm³/mol. The fourth-order valence-electron chi connectivity index (χ4n) is 1.22. The highest BCUT2D eigenvalue weighted by atomic mass is 19.1. The maximum absolute atomic E-state index is 13.1. The Kier molecular flexibility index (Phi) is 3.21. The van der Waals surface area contributed by atoms with Gasteiger partial charge in [0.1, 0.15) is 11.6 Å². The average molecular weight is 199 g/mol. The van der Waals surface area contributed by atoms with E-state index in [-0.39, 0.29) is 5.56 Å². The summed E-state index contributed by atoms with van der Waals surface area (Å²) in [7, 11) is 0. The van der Waals surface area contributed by atoms with Crippen LogP contribution >= 0.6 is 0 Å². The molecular formula is C11H15F2N. The van der Waals surface area contributed by atoms with Crippen molar-refractivity contribution in [3.63, 3.8) is 0 Å². The van der Waals surface area contributed by atoms with Crippen molar-refractivity contribution in [1.82, 2.24) is 0 Å². The summed E-state index contributed by atoms with van der Waals surface area (Å²) in [4.78, 5) is 0. The number of hydrogen-bond acceptors (Lipinski definition) is 1. The summed E-state index contributed by atoms with van der Waals surface area (Å²) in [6.07, 6.45) is 0.896. The van der Waals surface area contributed by atoms with Crippen LogP contribution in [-0.4, -0.2) is 5.54 Å². The first-order valence-electron chi connectivity index (χ1n) is 4.62. The second-order valence-corrected chi connectivity index (χ2v) is 4.19. The lowest BCUT2D eigenvalue weighted by Crippen LogP contribution is -2.32. The molecule has 0 atom stereocenters. The van der Waals surface area contributed by atoms with Crippen molar-refractivity contribution >= 4 is 0 Å². The van der Waals surface area contributed by atoms with Crippen LogP contribution in [0.3, 0.4) is 0 Å². The SMILES string of the molecule is CC(C)(N)CCc1c(F)cccc1F. The number of rotatable bonds is 3. The number of nitrogens with two attached hydrogens (primary N) is 1. The maximum Gasteiger partial charge on any atom is 0.129 e. The van der Waals surface area contributed by atoms with Gasteiger partial charge in [-0.25, -0.2) is 8.78 Å². The Bertz CT molecular complexity index is 295. The van der Waals surface area contributed by atoms with E-state index in [1.807, 2.05) is 13.8 Å². The summed E-state index contributed by atoms with van der Waals surface area (Å²) < 4.78 is 26.3. The third-order valence-corrected chi connectivity index (χ3v) is 2.08. The molecule has 0 fully saturated rings. The van der Waals surface area contributed by atoms with Crippen LogP contribution in [0, 0.1) is 11.6 Å². The van der Waals surface area contributed by atoms with Gasteiger partial charge < -0.3 is 5.73 Å². The molecule has 0 aliphatic rings. The van der Waals surface area contributed by atoms with Gasteiger partial charge in [0.2, 0.25) is 0 Å². The van der Waals surface area contributed by atoms with Crippen LogP contribution in [0.2, 0.25) is 0 Å². The first kappa shape index (κ1) is 11.1. The van der Waals surface area contributed by atoms with E-state index in [0.29, 0.717) is 12.8 Å². The molecule has 0 radical (unpaired) electrons. The lowest BCUT2D eigenvalue weighted by molar-refractivity contribution is 0.460. The third-order valence-electron chi connectivity index (χ3n) is 2.08. The lowest BCUT2D eigenvalue weighted by Gasteiger charge is -2.18. The van der Waals surface area contributed by atoms with Gasteiger partial charge >= 0.3 is 0 Å². The molecule has 0 unspecified atom stereocenters. The van der Waals surface area contributed by atoms with Crippen LogP contribution in [0.1, 0.15) is 25.8 Å². The van der Waals surface area contributed by atoms with E-state index in [1.54, 1.807) is 0 Å². The molecule has 0 spiro atoms. The molecule has 14 heavy (non-hydrogen) atoms. The smallest absolute Gasteiger partial charge is 0.129 e. The van der Waals surface area contributed by atoms with Gasteiger partial charge in [0, 0.05) is 11.1 Å². The van der Waals surface area contributed by atoms with Crippen molar-refractivity contribution in [2.45, 2.75) is 32.2 Å². The molecule has 0 heterocycles.